The lowest BCUT2D eigenvalue weighted by molar-refractivity contribution is -0.143. The lowest BCUT2D eigenvalue weighted by atomic mass is 9.79. The second-order valence-corrected chi connectivity index (χ2v) is 14.0. The molecule has 0 aromatic heterocycles. The predicted octanol–water partition coefficient (Wildman–Crippen LogP) is 2.43. The summed E-state index contributed by atoms with van der Waals surface area (Å²) < 4.78 is 0. The van der Waals surface area contributed by atoms with Gasteiger partial charge in [0.2, 0.25) is 17.7 Å². The number of amides is 5. The molecular formula is C29H45Cl2N5O5. The lowest BCUT2D eigenvalue weighted by Crippen LogP contribution is -2.61. The Morgan fingerprint density at radius 3 is 2.17 bits per heavy atom. The predicted molar refractivity (Wildman–Crippen MR) is 158 cm³/mol. The summed E-state index contributed by atoms with van der Waals surface area (Å²) in [6, 6.07) is -3.49. The van der Waals surface area contributed by atoms with E-state index in [2.05, 4.69) is 21.9 Å². The molecule has 0 bridgehead atoms. The van der Waals surface area contributed by atoms with E-state index in [-0.39, 0.29) is 18.4 Å². The molecule has 0 aromatic carbocycles. The second kappa shape index (κ2) is 14.3. The molecule has 3 aliphatic rings. The Balaban J connectivity index is 1.93. The first-order valence-corrected chi connectivity index (χ1v) is 15.5. The summed E-state index contributed by atoms with van der Waals surface area (Å²) in [6.45, 7) is 5.54. The summed E-state index contributed by atoms with van der Waals surface area (Å²) in [4.78, 5) is 53.3. The number of carbonyl (C=O) groups is 4. The number of carbonyl (C=O) groups excluding carboxylic acids is 4. The largest absolute Gasteiger partial charge is 0.381 e. The molecule has 3 fully saturated rings. The Morgan fingerprint density at radius 2 is 1.68 bits per heavy atom. The van der Waals surface area contributed by atoms with Crippen molar-refractivity contribution < 1.29 is 24.3 Å². The smallest absolute Gasteiger partial charge is 0.315 e. The van der Waals surface area contributed by atoms with Gasteiger partial charge in [-0.05, 0) is 51.9 Å². The Morgan fingerprint density at radius 1 is 1.05 bits per heavy atom. The number of rotatable bonds is 10. The molecule has 0 radical (unpaired) electrons. The first-order chi connectivity index (χ1) is 19.2. The summed E-state index contributed by atoms with van der Waals surface area (Å²) in [5, 5.41) is 19.0. The molecule has 1 saturated heterocycles. The molecule has 12 heteroatoms. The average molecular weight is 615 g/mol. The molecule has 6 atom stereocenters. The maximum absolute atomic E-state index is 14.3. The van der Waals surface area contributed by atoms with Crippen molar-refractivity contribution in [3.8, 4) is 12.3 Å². The van der Waals surface area contributed by atoms with Crippen molar-refractivity contribution in [1.82, 2.24) is 20.9 Å². The van der Waals surface area contributed by atoms with Crippen molar-refractivity contribution in [1.29, 1.82) is 0 Å². The Labute approximate surface area is 253 Å². The third kappa shape index (κ3) is 8.65. The molecular weight excluding hydrogens is 569 g/mol. The summed E-state index contributed by atoms with van der Waals surface area (Å²) in [7, 11) is 0. The number of urea groups is 1. The fourth-order valence-electron chi connectivity index (χ4n) is 6.26. The van der Waals surface area contributed by atoms with Crippen LogP contribution in [0, 0.1) is 36.0 Å². The van der Waals surface area contributed by atoms with Gasteiger partial charge in [-0.1, -0.05) is 38.5 Å². The van der Waals surface area contributed by atoms with Crippen LogP contribution in [0.25, 0.3) is 0 Å². The Kier molecular flexibility index (Phi) is 11.6. The summed E-state index contributed by atoms with van der Waals surface area (Å²) in [5.41, 5.74) is 4.86. The van der Waals surface area contributed by atoms with Crippen LogP contribution in [0.15, 0.2) is 0 Å². The number of aliphatic hydroxyl groups excluding tert-OH is 1. The molecule has 2 saturated carbocycles. The molecule has 41 heavy (non-hydrogen) atoms. The van der Waals surface area contributed by atoms with Crippen molar-refractivity contribution in [2.24, 2.45) is 29.4 Å². The molecule has 0 aromatic rings. The SMILES string of the molecule is C#CC1CN(C(=O)[C@@H](NC(=O)NC(C)(C)C)C2CCCCC2)[C@H](C(=O)NC(CC2CCC2)C(O)C(N)=O)[C@H]1C(Cl)Cl. The zero-order valence-corrected chi connectivity index (χ0v) is 25.7. The number of nitrogens with two attached hydrogens (primary N) is 1. The zero-order chi connectivity index (χ0) is 30.5. The molecule has 3 rings (SSSR count). The fraction of sp³-hybridized carbons (Fsp3) is 0.793. The number of aliphatic hydroxyl groups is 1. The van der Waals surface area contributed by atoms with E-state index < -0.39 is 70.2 Å². The number of primary amides is 1. The van der Waals surface area contributed by atoms with Crippen molar-refractivity contribution in [3.63, 3.8) is 0 Å². The molecule has 10 nitrogen and oxygen atoms in total. The highest BCUT2D eigenvalue weighted by Crippen LogP contribution is 2.39. The third-order valence-corrected chi connectivity index (χ3v) is 9.17. The summed E-state index contributed by atoms with van der Waals surface area (Å²) >= 11 is 12.7. The van der Waals surface area contributed by atoms with Crippen molar-refractivity contribution >= 4 is 47.0 Å². The van der Waals surface area contributed by atoms with Gasteiger partial charge in [0.25, 0.3) is 0 Å². The number of alkyl halides is 2. The average Bonchev–Trinajstić information content (AvgIpc) is 3.27. The maximum atomic E-state index is 14.3. The molecule has 6 N–H and O–H groups in total. The van der Waals surface area contributed by atoms with Gasteiger partial charge in [0.15, 0.2) is 6.10 Å². The number of nitrogens with one attached hydrogen (secondary N) is 3. The minimum Gasteiger partial charge on any atom is -0.381 e. The number of nitrogens with zero attached hydrogens (tertiary/aromatic N) is 1. The van der Waals surface area contributed by atoms with Crippen LogP contribution < -0.4 is 21.7 Å². The highest BCUT2D eigenvalue weighted by atomic mass is 35.5. The van der Waals surface area contributed by atoms with Crippen LogP contribution in [0.2, 0.25) is 0 Å². The van der Waals surface area contributed by atoms with Crippen molar-refractivity contribution in [3.05, 3.63) is 0 Å². The minimum atomic E-state index is -1.60. The number of halogens is 2. The topological polar surface area (TPSA) is 154 Å². The van der Waals surface area contributed by atoms with Gasteiger partial charge < -0.3 is 31.7 Å². The monoisotopic (exact) mass is 613 g/mol. The number of likely N-dealkylation sites (tertiary alicyclic amines) is 1. The molecule has 1 heterocycles. The van der Waals surface area contributed by atoms with Gasteiger partial charge in [0.1, 0.15) is 16.9 Å². The standard InChI is InChI=1S/C29H45Cl2N5O5/c1-5-17-15-36(27(40)21(18-12-7-6-8-13-18)34-28(41)35-29(2,3)4)22(20(17)24(30)31)26(39)33-19(23(37)25(32)38)14-16-10-9-11-16/h1,16-24,37H,6-15H2,2-4H3,(H2,32,38)(H,33,39)(H2,34,35,41)/t17?,19?,20-,21-,22-,23?/m0/s1. The summed E-state index contributed by atoms with van der Waals surface area (Å²) in [6.07, 6.45) is 11.9. The van der Waals surface area contributed by atoms with Gasteiger partial charge in [-0.2, -0.15) is 0 Å². The van der Waals surface area contributed by atoms with Crippen LogP contribution in [-0.2, 0) is 14.4 Å². The molecule has 5 amide bonds. The quantitative estimate of drug-likeness (QED) is 0.189. The van der Waals surface area contributed by atoms with E-state index in [0.29, 0.717) is 6.42 Å². The van der Waals surface area contributed by atoms with Crippen LogP contribution in [0.5, 0.6) is 0 Å². The number of terminal acetylenes is 1. The van der Waals surface area contributed by atoms with Gasteiger partial charge in [0.05, 0.1) is 6.04 Å². The fourth-order valence-corrected chi connectivity index (χ4v) is 6.89. The molecule has 1 aliphatic heterocycles. The van der Waals surface area contributed by atoms with Gasteiger partial charge >= 0.3 is 6.03 Å². The van der Waals surface area contributed by atoms with Gasteiger partial charge in [-0.25, -0.2) is 4.79 Å². The zero-order valence-electron chi connectivity index (χ0n) is 24.2. The van der Waals surface area contributed by atoms with E-state index in [1.807, 2.05) is 20.8 Å². The normalized spacial score (nSPS) is 25.9. The Hall–Kier alpha value is -2.22. The van der Waals surface area contributed by atoms with E-state index in [1.165, 1.54) is 4.90 Å². The van der Waals surface area contributed by atoms with Crippen LogP contribution in [0.4, 0.5) is 4.79 Å². The number of hydrogen-bond acceptors (Lipinski definition) is 5. The first kappa shape index (κ1) is 33.3. The lowest BCUT2D eigenvalue weighted by Gasteiger charge is -2.37. The van der Waals surface area contributed by atoms with E-state index in [1.54, 1.807) is 0 Å². The summed E-state index contributed by atoms with van der Waals surface area (Å²) in [5.74, 6) is -0.711. The molecule has 3 unspecified atom stereocenters. The minimum absolute atomic E-state index is 0.0193. The van der Waals surface area contributed by atoms with Crippen LogP contribution in [0.3, 0.4) is 0 Å². The van der Waals surface area contributed by atoms with Gasteiger partial charge in [0, 0.05) is 23.9 Å². The molecule has 0 spiro atoms. The van der Waals surface area contributed by atoms with E-state index in [9.17, 15) is 24.3 Å². The first-order valence-electron chi connectivity index (χ1n) is 14.6. The number of hydrogen-bond donors (Lipinski definition) is 5. The highest BCUT2D eigenvalue weighted by Gasteiger charge is 2.52. The highest BCUT2D eigenvalue weighted by molar-refractivity contribution is 6.44. The van der Waals surface area contributed by atoms with Crippen LogP contribution >= 0.6 is 23.2 Å². The maximum Gasteiger partial charge on any atom is 0.315 e. The van der Waals surface area contributed by atoms with Gasteiger partial charge in [-0.3, -0.25) is 14.4 Å². The molecule has 2 aliphatic carbocycles. The van der Waals surface area contributed by atoms with Gasteiger partial charge in [-0.15, -0.1) is 35.5 Å². The second-order valence-electron chi connectivity index (χ2n) is 12.8. The van der Waals surface area contributed by atoms with E-state index in [4.69, 9.17) is 35.4 Å². The van der Waals surface area contributed by atoms with E-state index >= 15 is 0 Å². The van der Waals surface area contributed by atoms with Crippen LogP contribution in [0.1, 0.15) is 78.6 Å². The Bertz CT molecular complexity index is 1000. The molecule has 230 valence electrons. The third-order valence-electron chi connectivity index (χ3n) is 8.59. The van der Waals surface area contributed by atoms with Crippen molar-refractivity contribution in [2.75, 3.05) is 6.54 Å². The van der Waals surface area contributed by atoms with Crippen molar-refractivity contribution in [2.45, 2.75) is 113 Å². The van der Waals surface area contributed by atoms with E-state index in [0.717, 1.165) is 51.4 Å². The van der Waals surface area contributed by atoms with Crippen LogP contribution in [-0.4, -0.2) is 74.9 Å².